The molecule has 0 aromatic heterocycles. The Morgan fingerprint density at radius 2 is 1.96 bits per heavy atom. The Labute approximate surface area is 145 Å². The Morgan fingerprint density at radius 1 is 1.21 bits per heavy atom. The third-order valence-corrected chi connectivity index (χ3v) is 5.71. The quantitative estimate of drug-likeness (QED) is 0.886. The molecular weight excluding hydrogens is 326 g/mol. The van der Waals surface area contributed by atoms with Gasteiger partial charge in [0.2, 0.25) is 5.91 Å². The summed E-state index contributed by atoms with van der Waals surface area (Å²) in [4.78, 5) is 34.9. The zero-order valence-electron chi connectivity index (χ0n) is 13.7. The zero-order chi connectivity index (χ0) is 17.2. The van der Waals surface area contributed by atoms with Crippen molar-refractivity contribution in [3.8, 4) is 5.75 Å². The van der Waals surface area contributed by atoms with Gasteiger partial charge in [-0.2, -0.15) is 0 Å². The van der Waals surface area contributed by atoms with Crippen LogP contribution in [-0.2, 0) is 16.0 Å². The van der Waals surface area contributed by atoms with Crippen molar-refractivity contribution in [2.45, 2.75) is 44.3 Å². The lowest BCUT2D eigenvalue weighted by atomic mass is 9.75. The smallest absolute Gasteiger partial charge is 0.286 e. The van der Waals surface area contributed by atoms with Crippen molar-refractivity contribution in [3.63, 3.8) is 0 Å². The molecule has 24 heavy (non-hydrogen) atoms. The number of amides is 2. The van der Waals surface area contributed by atoms with Crippen molar-refractivity contribution in [1.82, 2.24) is 5.32 Å². The van der Waals surface area contributed by atoms with Crippen molar-refractivity contribution in [1.29, 1.82) is 0 Å². The molecule has 2 fully saturated rings. The maximum Gasteiger partial charge on any atom is 0.286 e. The summed E-state index contributed by atoms with van der Waals surface area (Å²) in [5, 5.41) is 1.65. The molecule has 6 heteroatoms. The molecule has 2 atom stereocenters. The Morgan fingerprint density at radius 3 is 2.58 bits per heavy atom. The van der Waals surface area contributed by atoms with Gasteiger partial charge in [0.25, 0.3) is 5.24 Å². The first kappa shape index (κ1) is 17.0. The number of carbonyl (C=O) groups is 3. The van der Waals surface area contributed by atoms with Crippen molar-refractivity contribution >= 4 is 28.7 Å². The zero-order valence-corrected chi connectivity index (χ0v) is 14.5. The van der Waals surface area contributed by atoms with E-state index in [4.69, 9.17) is 4.74 Å². The Kier molecular flexibility index (Phi) is 4.94. The standard InChI is InChI=1S/C18H21NO4S/c1-18(9-3-2-4-15(18)20)11-23-13-7-5-12(6-8-13)10-14-16(21)19-17(22)24-14/h5-8,14H,2-4,9-11H2,1H3,(H,19,21,22). The van der Waals surface area contributed by atoms with Crippen molar-refractivity contribution in [2.75, 3.05) is 6.61 Å². The number of thioether (sulfide) groups is 1. The molecule has 0 spiro atoms. The number of nitrogens with one attached hydrogen (secondary N) is 1. The Balaban J connectivity index is 1.56. The third kappa shape index (κ3) is 3.80. The average Bonchev–Trinajstić information content (AvgIpc) is 2.87. The topological polar surface area (TPSA) is 72.5 Å². The molecule has 1 saturated carbocycles. The van der Waals surface area contributed by atoms with E-state index in [1.54, 1.807) is 0 Å². The lowest BCUT2D eigenvalue weighted by molar-refractivity contribution is -0.132. The van der Waals surface area contributed by atoms with Crippen molar-refractivity contribution in [2.24, 2.45) is 5.41 Å². The minimum atomic E-state index is -0.379. The molecule has 1 aromatic carbocycles. The molecular formula is C18H21NO4S. The number of hydrogen-bond acceptors (Lipinski definition) is 5. The molecule has 3 rings (SSSR count). The third-order valence-electron chi connectivity index (χ3n) is 4.72. The fraction of sp³-hybridized carbons (Fsp3) is 0.500. The SMILES string of the molecule is CC1(COc2ccc(CC3SC(=O)NC3=O)cc2)CCCCC1=O. The molecule has 2 unspecified atom stereocenters. The number of carbonyl (C=O) groups excluding carboxylic acids is 3. The first-order valence-electron chi connectivity index (χ1n) is 8.23. The van der Waals surface area contributed by atoms with Crippen LogP contribution in [0.3, 0.4) is 0 Å². The highest BCUT2D eigenvalue weighted by molar-refractivity contribution is 8.15. The molecule has 1 aliphatic carbocycles. The summed E-state index contributed by atoms with van der Waals surface area (Å²) in [5.74, 6) is 0.784. The van der Waals surface area contributed by atoms with Gasteiger partial charge in [-0.15, -0.1) is 0 Å². The Bertz CT molecular complexity index is 657. The summed E-state index contributed by atoms with van der Waals surface area (Å²) in [6.07, 6.45) is 4.10. The molecule has 2 aliphatic rings. The van der Waals surface area contributed by atoms with Crippen LogP contribution >= 0.6 is 11.8 Å². The summed E-state index contributed by atoms with van der Waals surface area (Å²) in [6.45, 7) is 2.39. The first-order chi connectivity index (χ1) is 11.5. The molecule has 1 aliphatic heterocycles. The van der Waals surface area contributed by atoms with Crippen LogP contribution in [0.15, 0.2) is 24.3 Å². The van der Waals surface area contributed by atoms with Gasteiger partial charge in [0, 0.05) is 6.42 Å². The molecule has 128 valence electrons. The second-order valence-corrected chi connectivity index (χ2v) is 7.89. The number of ketones is 1. The van der Waals surface area contributed by atoms with Gasteiger partial charge < -0.3 is 4.74 Å². The van der Waals surface area contributed by atoms with E-state index in [1.807, 2.05) is 31.2 Å². The molecule has 0 radical (unpaired) electrons. The van der Waals surface area contributed by atoms with E-state index in [1.165, 1.54) is 0 Å². The number of benzene rings is 1. The summed E-state index contributed by atoms with van der Waals surface area (Å²) in [5.41, 5.74) is 0.597. The Hall–Kier alpha value is -1.82. The van der Waals surface area contributed by atoms with Crippen LogP contribution in [0, 0.1) is 5.41 Å². The highest BCUT2D eigenvalue weighted by Crippen LogP contribution is 2.33. The normalized spacial score (nSPS) is 27.2. The number of hydrogen-bond donors (Lipinski definition) is 1. The van der Waals surface area contributed by atoms with E-state index in [9.17, 15) is 14.4 Å². The number of rotatable bonds is 5. The highest BCUT2D eigenvalue weighted by Gasteiger charge is 2.36. The van der Waals surface area contributed by atoms with Crippen molar-refractivity contribution in [3.05, 3.63) is 29.8 Å². The average molecular weight is 347 g/mol. The summed E-state index contributed by atoms with van der Waals surface area (Å²) >= 11 is 1.03. The summed E-state index contributed by atoms with van der Waals surface area (Å²) in [6, 6.07) is 7.50. The van der Waals surface area contributed by atoms with Crippen LogP contribution in [0.2, 0.25) is 0 Å². The molecule has 1 aromatic rings. The van der Waals surface area contributed by atoms with Gasteiger partial charge in [-0.25, -0.2) is 0 Å². The molecule has 1 saturated heterocycles. The van der Waals surface area contributed by atoms with E-state index < -0.39 is 0 Å². The lowest BCUT2D eigenvalue weighted by Crippen LogP contribution is -2.36. The predicted octanol–water partition coefficient (Wildman–Crippen LogP) is 3.11. The van der Waals surface area contributed by atoms with E-state index in [0.29, 0.717) is 25.2 Å². The highest BCUT2D eigenvalue weighted by atomic mass is 32.2. The van der Waals surface area contributed by atoms with Crippen LogP contribution in [0.25, 0.3) is 0 Å². The van der Waals surface area contributed by atoms with E-state index in [0.717, 1.165) is 42.3 Å². The molecule has 5 nitrogen and oxygen atoms in total. The second-order valence-electron chi connectivity index (χ2n) is 6.71. The van der Waals surface area contributed by atoms with Gasteiger partial charge in [-0.1, -0.05) is 30.3 Å². The van der Waals surface area contributed by atoms with Crippen LogP contribution in [0.5, 0.6) is 5.75 Å². The number of Topliss-reactive ketones (excluding diaryl/α,β-unsaturated/α-hetero) is 1. The minimum absolute atomic E-state index is 0.228. The largest absolute Gasteiger partial charge is 0.493 e. The van der Waals surface area contributed by atoms with Crippen LogP contribution < -0.4 is 10.1 Å². The van der Waals surface area contributed by atoms with Gasteiger partial charge in [0.1, 0.15) is 18.1 Å². The van der Waals surface area contributed by atoms with Gasteiger partial charge in [-0.05, 0) is 43.9 Å². The molecule has 1 N–H and O–H groups in total. The summed E-state index contributed by atoms with van der Waals surface area (Å²) in [7, 11) is 0. The number of ether oxygens (including phenoxy) is 1. The monoisotopic (exact) mass is 347 g/mol. The summed E-state index contributed by atoms with van der Waals surface area (Å²) < 4.78 is 5.82. The van der Waals surface area contributed by atoms with Crippen molar-refractivity contribution < 1.29 is 19.1 Å². The molecule has 1 heterocycles. The van der Waals surface area contributed by atoms with Gasteiger partial charge in [0.15, 0.2) is 0 Å². The fourth-order valence-corrected chi connectivity index (χ4v) is 3.96. The second kappa shape index (κ2) is 6.97. The minimum Gasteiger partial charge on any atom is -0.493 e. The fourth-order valence-electron chi connectivity index (χ4n) is 3.10. The maximum absolute atomic E-state index is 12.1. The number of imide groups is 1. The van der Waals surface area contributed by atoms with Crippen LogP contribution in [0.4, 0.5) is 4.79 Å². The van der Waals surface area contributed by atoms with Gasteiger partial charge >= 0.3 is 0 Å². The van der Waals surface area contributed by atoms with E-state index >= 15 is 0 Å². The van der Waals surface area contributed by atoms with Crippen LogP contribution in [0.1, 0.15) is 38.2 Å². The van der Waals surface area contributed by atoms with E-state index in [-0.39, 0.29) is 21.8 Å². The van der Waals surface area contributed by atoms with E-state index in [2.05, 4.69) is 5.32 Å². The molecule has 2 amide bonds. The predicted molar refractivity (Wildman–Crippen MR) is 92.1 cm³/mol. The maximum atomic E-state index is 12.1. The molecule has 0 bridgehead atoms. The first-order valence-corrected chi connectivity index (χ1v) is 9.11. The lowest BCUT2D eigenvalue weighted by Gasteiger charge is -2.31. The van der Waals surface area contributed by atoms with Gasteiger partial charge in [0.05, 0.1) is 10.7 Å². The van der Waals surface area contributed by atoms with Crippen LogP contribution in [-0.4, -0.2) is 28.8 Å². The van der Waals surface area contributed by atoms with Gasteiger partial charge in [-0.3, -0.25) is 19.7 Å².